The molecule has 1 aliphatic heterocycles. The van der Waals surface area contributed by atoms with E-state index in [4.69, 9.17) is 0 Å². The summed E-state index contributed by atoms with van der Waals surface area (Å²) in [5, 5.41) is 5.72. The third-order valence-corrected chi connectivity index (χ3v) is 3.07. The van der Waals surface area contributed by atoms with E-state index < -0.39 is 5.82 Å². The Morgan fingerprint density at radius 3 is 2.76 bits per heavy atom. The van der Waals surface area contributed by atoms with Crippen LogP contribution in [-0.2, 0) is 0 Å². The van der Waals surface area contributed by atoms with Gasteiger partial charge in [0.15, 0.2) is 0 Å². The minimum absolute atomic E-state index is 0.205. The molecule has 0 bridgehead atoms. The minimum atomic E-state index is -0.442. The molecule has 4 nitrogen and oxygen atoms in total. The molecule has 0 aromatic heterocycles. The number of anilines is 1. The highest BCUT2D eigenvalue weighted by Gasteiger charge is 2.17. The SMILES string of the molecule is O=C(Nc1ccc(Br)cc1F)N1CCNCC1. The van der Waals surface area contributed by atoms with Crippen LogP contribution in [0, 0.1) is 5.82 Å². The van der Waals surface area contributed by atoms with Crippen molar-refractivity contribution in [3.63, 3.8) is 0 Å². The van der Waals surface area contributed by atoms with Crippen LogP contribution >= 0.6 is 15.9 Å². The fourth-order valence-corrected chi connectivity index (χ4v) is 1.99. The number of carbonyl (C=O) groups excluding carboxylic acids is 1. The number of rotatable bonds is 1. The van der Waals surface area contributed by atoms with Gasteiger partial charge in [-0.25, -0.2) is 9.18 Å². The Morgan fingerprint density at radius 1 is 1.41 bits per heavy atom. The van der Waals surface area contributed by atoms with Gasteiger partial charge in [-0.2, -0.15) is 0 Å². The molecule has 0 unspecified atom stereocenters. The van der Waals surface area contributed by atoms with E-state index in [1.807, 2.05) is 0 Å². The maximum atomic E-state index is 13.5. The Balaban J connectivity index is 2.02. The second kappa shape index (κ2) is 5.46. The standard InChI is InChI=1S/C11H13BrFN3O/c12-8-1-2-10(9(13)7-8)15-11(17)16-5-3-14-4-6-16/h1-2,7,14H,3-6H2,(H,15,17). The molecule has 92 valence electrons. The second-order valence-electron chi connectivity index (χ2n) is 3.79. The van der Waals surface area contributed by atoms with E-state index in [2.05, 4.69) is 26.6 Å². The molecule has 2 N–H and O–H groups in total. The van der Waals surface area contributed by atoms with Crippen molar-refractivity contribution in [3.05, 3.63) is 28.5 Å². The van der Waals surface area contributed by atoms with Gasteiger partial charge in [0.2, 0.25) is 0 Å². The van der Waals surface area contributed by atoms with Crippen molar-refractivity contribution in [2.24, 2.45) is 0 Å². The van der Waals surface area contributed by atoms with Crippen molar-refractivity contribution in [1.82, 2.24) is 10.2 Å². The van der Waals surface area contributed by atoms with E-state index in [0.717, 1.165) is 13.1 Å². The summed E-state index contributed by atoms with van der Waals surface area (Å²) in [5.41, 5.74) is 0.205. The van der Waals surface area contributed by atoms with Crippen molar-refractivity contribution >= 4 is 27.6 Å². The summed E-state index contributed by atoms with van der Waals surface area (Å²) < 4.78 is 14.2. The molecule has 1 fully saturated rings. The highest BCUT2D eigenvalue weighted by molar-refractivity contribution is 9.10. The Bertz CT molecular complexity index is 421. The number of urea groups is 1. The molecule has 2 rings (SSSR count). The summed E-state index contributed by atoms with van der Waals surface area (Å²) in [6, 6.07) is 4.30. The van der Waals surface area contributed by atoms with Gasteiger partial charge in [-0.05, 0) is 18.2 Å². The first kappa shape index (κ1) is 12.3. The molecular formula is C11H13BrFN3O. The van der Waals surface area contributed by atoms with Crippen LogP contribution in [0.3, 0.4) is 0 Å². The van der Waals surface area contributed by atoms with Gasteiger partial charge in [-0.15, -0.1) is 0 Å². The normalized spacial score (nSPS) is 15.8. The molecule has 1 aromatic rings. The summed E-state index contributed by atoms with van der Waals surface area (Å²) in [6.45, 7) is 2.83. The summed E-state index contributed by atoms with van der Waals surface area (Å²) in [7, 11) is 0. The Morgan fingerprint density at radius 2 is 2.12 bits per heavy atom. The van der Waals surface area contributed by atoms with Crippen LogP contribution in [-0.4, -0.2) is 37.1 Å². The molecule has 17 heavy (non-hydrogen) atoms. The average molecular weight is 302 g/mol. The molecule has 1 aliphatic rings. The molecule has 0 saturated carbocycles. The first-order chi connectivity index (χ1) is 8.16. The van der Waals surface area contributed by atoms with Crippen LogP contribution in [0.1, 0.15) is 0 Å². The lowest BCUT2D eigenvalue weighted by atomic mass is 10.3. The maximum Gasteiger partial charge on any atom is 0.322 e. The van der Waals surface area contributed by atoms with E-state index in [1.165, 1.54) is 6.07 Å². The van der Waals surface area contributed by atoms with Gasteiger partial charge < -0.3 is 15.5 Å². The first-order valence-electron chi connectivity index (χ1n) is 5.38. The van der Waals surface area contributed by atoms with Crippen LogP contribution < -0.4 is 10.6 Å². The number of benzene rings is 1. The Labute approximate surface area is 107 Å². The number of hydrogen-bond donors (Lipinski definition) is 2. The lowest BCUT2D eigenvalue weighted by Crippen LogP contribution is -2.48. The second-order valence-corrected chi connectivity index (χ2v) is 4.71. The summed E-state index contributed by atoms with van der Waals surface area (Å²) in [4.78, 5) is 13.5. The van der Waals surface area contributed by atoms with Gasteiger partial charge in [-0.1, -0.05) is 15.9 Å². The van der Waals surface area contributed by atoms with Gasteiger partial charge in [-0.3, -0.25) is 0 Å². The molecule has 1 saturated heterocycles. The van der Waals surface area contributed by atoms with Gasteiger partial charge >= 0.3 is 6.03 Å². The molecule has 0 radical (unpaired) electrons. The zero-order valence-corrected chi connectivity index (χ0v) is 10.8. The number of amides is 2. The lowest BCUT2D eigenvalue weighted by molar-refractivity contribution is 0.203. The van der Waals surface area contributed by atoms with Gasteiger partial charge in [0, 0.05) is 30.7 Å². The van der Waals surface area contributed by atoms with Crippen molar-refractivity contribution in [1.29, 1.82) is 0 Å². The fraction of sp³-hybridized carbons (Fsp3) is 0.364. The lowest BCUT2D eigenvalue weighted by Gasteiger charge is -2.27. The minimum Gasteiger partial charge on any atom is -0.322 e. The van der Waals surface area contributed by atoms with Crippen LogP contribution in [0.15, 0.2) is 22.7 Å². The summed E-state index contributed by atoms with van der Waals surface area (Å²) >= 11 is 3.17. The van der Waals surface area contributed by atoms with Crippen molar-refractivity contribution in [3.8, 4) is 0 Å². The summed E-state index contributed by atoms with van der Waals surface area (Å²) in [5.74, 6) is -0.442. The van der Waals surface area contributed by atoms with Crippen molar-refractivity contribution in [2.75, 3.05) is 31.5 Å². The fourth-order valence-electron chi connectivity index (χ4n) is 1.65. The number of hydrogen-bond acceptors (Lipinski definition) is 2. The van der Waals surface area contributed by atoms with Crippen LogP contribution in [0.2, 0.25) is 0 Å². The van der Waals surface area contributed by atoms with E-state index in [0.29, 0.717) is 17.6 Å². The predicted molar refractivity (Wildman–Crippen MR) is 67.6 cm³/mol. The first-order valence-corrected chi connectivity index (χ1v) is 6.18. The quantitative estimate of drug-likeness (QED) is 0.833. The molecule has 1 heterocycles. The molecule has 0 atom stereocenters. The number of nitrogens with zero attached hydrogens (tertiary/aromatic N) is 1. The topological polar surface area (TPSA) is 44.4 Å². The predicted octanol–water partition coefficient (Wildman–Crippen LogP) is 2.03. The number of nitrogens with one attached hydrogen (secondary N) is 2. The van der Waals surface area contributed by atoms with E-state index in [-0.39, 0.29) is 11.7 Å². The molecule has 2 amide bonds. The molecule has 6 heteroatoms. The zero-order valence-electron chi connectivity index (χ0n) is 9.17. The number of carbonyl (C=O) groups is 1. The van der Waals surface area contributed by atoms with Gasteiger partial charge in [0.25, 0.3) is 0 Å². The number of piperazine rings is 1. The van der Waals surface area contributed by atoms with Crippen molar-refractivity contribution < 1.29 is 9.18 Å². The molecular weight excluding hydrogens is 289 g/mol. The molecule has 0 spiro atoms. The van der Waals surface area contributed by atoms with E-state index >= 15 is 0 Å². The van der Waals surface area contributed by atoms with Gasteiger partial charge in [0.1, 0.15) is 5.82 Å². The van der Waals surface area contributed by atoms with Gasteiger partial charge in [0.05, 0.1) is 5.69 Å². The van der Waals surface area contributed by atoms with E-state index in [9.17, 15) is 9.18 Å². The largest absolute Gasteiger partial charge is 0.322 e. The Kier molecular flexibility index (Phi) is 3.96. The zero-order chi connectivity index (χ0) is 12.3. The summed E-state index contributed by atoms with van der Waals surface area (Å²) in [6.07, 6.45) is 0. The van der Waals surface area contributed by atoms with Crippen molar-refractivity contribution in [2.45, 2.75) is 0 Å². The van der Waals surface area contributed by atoms with Crippen LogP contribution in [0.5, 0.6) is 0 Å². The maximum absolute atomic E-state index is 13.5. The highest BCUT2D eigenvalue weighted by Crippen LogP contribution is 2.19. The van der Waals surface area contributed by atoms with E-state index in [1.54, 1.807) is 17.0 Å². The smallest absolute Gasteiger partial charge is 0.322 e. The third kappa shape index (κ3) is 3.17. The molecule has 0 aliphatic carbocycles. The number of halogens is 2. The Hall–Kier alpha value is -1.14. The average Bonchev–Trinajstić information content (AvgIpc) is 2.34. The van der Waals surface area contributed by atoms with Crippen LogP contribution in [0.4, 0.5) is 14.9 Å². The third-order valence-electron chi connectivity index (χ3n) is 2.58. The monoisotopic (exact) mass is 301 g/mol. The molecule has 1 aromatic carbocycles. The van der Waals surface area contributed by atoms with Crippen LogP contribution in [0.25, 0.3) is 0 Å². The highest BCUT2D eigenvalue weighted by atomic mass is 79.9.